The first-order valence-electron chi connectivity index (χ1n) is 7.12. The van der Waals surface area contributed by atoms with Gasteiger partial charge in [-0.25, -0.2) is 0 Å². The van der Waals surface area contributed by atoms with Gasteiger partial charge in [0.05, 0.1) is 18.8 Å². The third-order valence-corrected chi connectivity index (χ3v) is 3.68. The van der Waals surface area contributed by atoms with Crippen molar-refractivity contribution < 1.29 is 9.53 Å². The molecule has 0 aliphatic carbocycles. The molecule has 22 heavy (non-hydrogen) atoms. The van der Waals surface area contributed by atoms with Crippen molar-refractivity contribution in [2.75, 3.05) is 23.8 Å². The topological polar surface area (TPSA) is 50.4 Å². The van der Waals surface area contributed by atoms with Gasteiger partial charge in [0.1, 0.15) is 5.75 Å². The van der Waals surface area contributed by atoms with Gasteiger partial charge in [-0.15, -0.1) is 0 Å². The molecule has 0 aliphatic heterocycles. The number of carbonyl (C=O) groups excluding carboxylic acids is 1. The van der Waals surface area contributed by atoms with Crippen molar-refractivity contribution in [2.45, 2.75) is 13.8 Å². The number of hydrogen-bond acceptors (Lipinski definition) is 3. The molecule has 0 fully saturated rings. The molecule has 2 aromatic carbocycles. The molecule has 0 aliphatic rings. The van der Waals surface area contributed by atoms with E-state index < -0.39 is 0 Å². The molecule has 0 aromatic heterocycles. The average Bonchev–Trinajstić information content (AvgIpc) is 2.48. The summed E-state index contributed by atoms with van der Waals surface area (Å²) in [5.74, 6) is 0.550. The van der Waals surface area contributed by atoms with Crippen LogP contribution in [0.25, 0.3) is 0 Å². The monoisotopic (exact) mass is 362 g/mol. The Bertz CT molecular complexity index is 659. The van der Waals surface area contributed by atoms with E-state index in [9.17, 15) is 4.79 Å². The van der Waals surface area contributed by atoms with Crippen LogP contribution in [0.1, 0.15) is 12.5 Å². The van der Waals surface area contributed by atoms with E-state index in [0.717, 1.165) is 15.7 Å². The molecule has 0 unspecified atom stereocenters. The molecule has 116 valence electrons. The van der Waals surface area contributed by atoms with E-state index in [2.05, 4.69) is 26.6 Å². The zero-order valence-corrected chi connectivity index (χ0v) is 14.2. The highest BCUT2D eigenvalue weighted by molar-refractivity contribution is 9.10. The predicted octanol–water partition coefficient (Wildman–Crippen LogP) is 4.21. The molecule has 0 atom stereocenters. The smallest absolute Gasteiger partial charge is 0.243 e. The van der Waals surface area contributed by atoms with Gasteiger partial charge >= 0.3 is 0 Å². The predicted molar refractivity (Wildman–Crippen MR) is 93.6 cm³/mol. The second-order valence-corrected chi connectivity index (χ2v) is 5.67. The summed E-state index contributed by atoms with van der Waals surface area (Å²) in [7, 11) is 0. The first kappa shape index (κ1) is 16.4. The Kier molecular flexibility index (Phi) is 5.83. The third-order valence-electron chi connectivity index (χ3n) is 3.02. The van der Waals surface area contributed by atoms with E-state index in [1.54, 1.807) is 0 Å². The summed E-state index contributed by atoms with van der Waals surface area (Å²) in [5, 5.41) is 5.97. The van der Waals surface area contributed by atoms with Crippen LogP contribution < -0.4 is 15.4 Å². The Labute approximate surface area is 139 Å². The molecule has 5 heteroatoms. The lowest BCUT2D eigenvalue weighted by atomic mass is 10.2. The quantitative estimate of drug-likeness (QED) is 0.809. The van der Waals surface area contributed by atoms with Gasteiger partial charge in [0.15, 0.2) is 0 Å². The van der Waals surface area contributed by atoms with Gasteiger partial charge in [-0.2, -0.15) is 0 Å². The van der Waals surface area contributed by atoms with Gasteiger partial charge in [-0.1, -0.05) is 18.2 Å². The van der Waals surface area contributed by atoms with Crippen molar-refractivity contribution in [3.63, 3.8) is 0 Å². The highest BCUT2D eigenvalue weighted by atomic mass is 79.9. The summed E-state index contributed by atoms with van der Waals surface area (Å²) < 4.78 is 6.43. The lowest BCUT2D eigenvalue weighted by molar-refractivity contribution is -0.114. The number of rotatable bonds is 6. The molecule has 0 spiro atoms. The van der Waals surface area contributed by atoms with E-state index in [4.69, 9.17) is 4.74 Å². The van der Waals surface area contributed by atoms with E-state index in [1.165, 1.54) is 0 Å². The molecule has 2 rings (SSSR count). The summed E-state index contributed by atoms with van der Waals surface area (Å²) in [5.41, 5.74) is 2.73. The lowest BCUT2D eigenvalue weighted by Gasteiger charge is -2.12. The van der Waals surface area contributed by atoms with Crippen LogP contribution in [0.2, 0.25) is 0 Å². The molecule has 0 bridgehead atoms. The van der Waals surface area contributed by atoms with E-state index in [0.29, 0.717) is 18.0 Å². The number of benzene rings is 2. The van der Waals surface area contributed by atoms with Crippen molar-refractivity contribution in [3.05, 3.63) is 52.5 Å². The van der Waals surface area contributed by atoms with Crippen molar-refractivity contribution in [2.24, 2.45) is 0 Å². The highest BCUT2D eigenvalue weighted by Crippen LogP contribution is 2.24. The van der Waals surface area contributed by atoms with Crippen LogP contribution in [0.3, 0.4) is 0 Å². The van der Waals surface area contributed by atoms with Crippen molar-refractivity contribution in [1.29, 1.82) is 0 Å². The molecule has 0 radical (unpaired) electrons. The Morgan fingerprint density at radius 2 is 1.95 bits per heavy atom. The van der Waals surface area contributed by atoms with Gasteiger partial charge < -0.3 is 15.4 Å². The zero-order chi connectivity index (χ0) is 15.9. The molecule has 1 amide bonds. The standard InChI is InChI=1S/C17H19BrN2O2/c1-3-22-16-7-5-4-6-15(16)20-17(21)11-19-14-9-8-12(2)10-13(14)18/h4-10,19H,3,11H2,1-2H3,(H,20,21). The molecule has 0 heterocycles. The third kappa shape index (κ3) is 4.49. The van der Waals surface area contributed by atoms with Gasteiger partial charge in [-0.05, 0) is 59.6 Å². The molecule has 4 nitrogen and oxygen atoms in total. The largest absolute Gasteiger partial charge is 0.492 e. The average molecular weight is 363 g/mol. The second kappa shape index (κ2) is 7.84. The summed E-state index contributed by atoms with van der Waals surface area (Å²) in [6.45, 7) is 4.67. The van der Waals surface area contributed by atoms with Gasteiger partial charge in [0.25, 0.3) is 0 Å². The van der Waals surface area contributed by atoms with Crippen LogP contribution in [0.5, 0.6) is 5.75 Å². The summed E-state index contributed by atoms with van der Waals surface area (Å²) >= 11 is 3.48. The number of halogens is 1. The van der Waals surface area contributed by atoms with Crippen LogP contribution in [-0.4, -0.2) is 19.1 Å². The fourth-order valence-corrected chi connectivity index (χ4v) is 2.62. The maximum Gasteiger partial charge on any atom is 0.243 e. The number of hydrogen-bond donors (Lipinski definition) is 2. The van der Waals surface area contributed by atoms with Crippen molar-refractivity contribution >= 4 is 33.2 Å². The second-order valence-electron chi connectivity index (χ2n) is 4.81. The van der Waals surface area contributed by atoms with Gasteiger partial charge in [-0.3, -0.25) is 4.79 Å². The minimum absolute atomic E-state index is 0.125. The molecular formula is C17H19BrN2O2. The molecular weight excluding hydrogens is 344 g/mol. The fourth-order valence-electron chi connectivity index (χ4n) is 1.98. The number of para-hydroxylation sites is 2. The number of amides is 1. The maximum absolute atomic E-state index is 12.1. The maximum atomic E-state index is 12.1. The van der Waals surface area contributed by atoms with Crippen LogP contribution in [0.4, 0.5) is 11.4 Å². The SMILES string of the molecule is CCOc1ccccc1NC(=O)CNc1ccc(C)cc1Br. The number of anilines is 2. The Morgan fingerprint density at radius 3 is 2.68 bits per heavy atom. The molecule has 2 aromatic rings. The van der Waals surface area contributed by atoms with Crippen molar-refractivity contribution in [3.8, 4) is 5.75 Å². The summed E-state index contributed by atoms with van der Waals surface area (Å²) in [6, 6.07) is 13.3. The normalized spacial score (nSPS) is 10.1. The number of aryl methyl sites for hydroxylation is 1. The number of ether oxygens (including phenoxy) is 1. The number of carbonyl (C=O) groups is 1. The molecule has 0 saturated heterocycles. The highest BCUT2D eigenvalue weighted by Gasteiger charge is 2.08. The molecule has 2 N–H and O–H groups in total. The summed E-state index contributed by atoms with van der Waals surface area (Å²) in [6.07, 6.45) is 0. The first-order valence-corrected chi connectivity index (χ1v) is 7.91. The van der Waals surface area contributed by atoms with Gasteiger partial charge in [0, 0.05) is 10.2 Å². The van der Waals surface area contributed by atoms with Crippen LogP contribution in [0.15, 0.2) is 46.9 Å². The van der Waals surface area contributed by atoms with Crippen LogP contribution >= 0.6 is 15.9 Å². The van der Waals surface area contributed by atoms with Crippen LogP contribution in [-0.2, 0) is 4.79 Å². The minimum atomic E-state index is -0.125. The van der Waals surface area contributed by atoms with E-state index >= 15 is 0 Å². The van der Waals surface area contributed by atoms with Gasteiger partial charge in [0.2, 0.25) is 5.91 Å². The van der Waals surface area contributed by atoms with E-state index in [1.807, 2.05) is 56.3 Å². The fraction of sp³-hybridized carbons (Fsp3) is 0.235. The minimum Gasteiger partial charge on any atom is -0.492 e. The summed E-state index contributed by atoms with van der Waals surface area (Å²) in [4.78, 5) is 12.1. The van der Waals surface area contributed by atoms with E-state index in [-0.39, 0.29) is 12.5 Å². The lowest BCUT2D eigenvalue weighted by Crippen LogP contribution is -2.22. The Morgan fingerprint density at radius 1 is 1.18 bits per heavy atom. The molecule has 0 saturated carbocycles. The van der Waals surface area contributed by atoms with Crippen molar-refractivity contribution in [1.82, 2.24) is 0 Å². The number of nitrogens with one attached hydrogen (secondary N) is 2. The Balaban J connectivity index is 1.96. The van der Waals surface area contributed by atoms with Crippen LogP contribution in [0, 0.1) is 6.92 Å². The zero-order valence-electron chi connectivity index (χ0n) is 12.7. The first-order chi connectivity index (χ1) is 10.6. The Hall–Kier alpha value is -2.01.